The highest BCUT2D eigenvalue weighted by Crippen LogP contribution is 2.31. The SMILES string of the molecule is O=CN1CCc2ccccc2[C@H]1Cc1ccccc1. The average Bonchev–Trinajstić information content (AvgIpc) is 2.49. The predicted octanol–water partition coefficient (Wildman–Crippen LogP) is 2.98. The van der Waals surface area contributed by atoms with Crippen LogP contribution in [-0.2, 0) is 17.6 Å². The molecule has 1 amide bonds. The van der Waals surface area contributed by atoms with Crippen molar-refractivity contribution in [3.05, 3.63) is 71.3 Å². The van der Waals surface area contributed by atoms with Gasteiger partial charge in [0.15, 0.2) is 0 Å². The number of nitrogens with zero attached hydrogens (tertiary/aromatic N) is 1. The first-order valence-electron chi connectivity index (χ1n) is 6.71. The van der Waals surface area contributed by atoms with Crippen molar-refractivity contribution in [2.45, 2.75) is 18.9 Å². The van der Waals surface area contributed by atoms with Crippen LogP contribution in [0.15, 0.2) is 54.6 Å². The smallest absolute Gasteiger partial charge is 0.210 e. The Morgan fingerprint density at radius 3 is 2.58 bits per heavy atom. The molecule has 0 unspecified atom stereocenters. The first kappa shape index (κ1) is 12.0. The number of hydrogen-bond donors (Lipinski definition) is 0. The minimum atomic E-state index is 0.171. The second-order valence-electron chi connectivity index (χ2n) is 5.00. The Morgan fingerprint density at radius 1 is 1.05 bits per heavy atom. The van der Waals surface area contributed by atoms with Gasteiger partial charge in [0.05, 0.1) is 6.04 Å². The van der Waals surface area contributed by atoms with Gasteiger partial charge in [0.2, 0.25) is 6.41 Å². The zero-order chi connectivity index (χ0) is 13.1. The molecule has 2 aromatic rings. The van der Waals surface area contributed by atoms with Gasteiger partial charge in [0, 0.05) is 6.54 Å². The van der Waals surface area contributed by atoms with Gasteiger partial charge in [-0.3, -0.25) is 4.79 Å². The third-order valence-corrected chi connectivity index (χ3v) is 3.86. The van der Waals surface area contributed by atoms with E-state index in [1.165, 1.54) is 16.7 Å². The molecule has 19 heavy (non-hydrogen) atoms. The van der Waals surface area contributed by atoms with Crippen LogP contribution in [0.4, 0.5) is 0 Å². The fourth-order valence-electron chi connectivity index (χ4n) is 2.86. The molecule has 0 radical (unpaired) electrons. The summed E-state index contributed by atoms with van der Waals surface area (Å²) < 4.78 is 0. The molecule has 0 aromatic heterocycles. The molecule has 96 valence electrons. The highest BCUT2D eigenvalue weighted by atomic mass is 16.1. The monoisotopic (exact) mass is 251 g/mol. The van der Waals surface area contributed by atoms with E-state index >= 15 is 0 Å². The van der Waals surface area contributed by atoms with Crippen molar-refractivity contribution >= 4 is 6.41 Å². The molecule has 1 aliphatic heterocycles. The molecule has 0 saturated heterocycles. The zero-order valence-electron chi connectivity index (χ0n) is 10.8. The van der Waals surface area contributed by atoms with Crippen LogP contribution in [0.3, 0.4) is 0 Å². The second kappa shape index (κ2) is 5.27. The molecule has 2 nitrogen and oxygen atoms in total. The maximum absolute atomic E-state index is 11.3. The molecule has 2 heteroatoms. The lowest BCUT2D eigenvalue weighted by molar-refractivity contribution is -0.120. The van der Waals surface area contributed by atoms with Gasteiger partial charge in [0.25, 0.3) is 0 Å². The Morgan fingerprint density at radius 2 is 1.79 bits per heavy atom. The summed E-state index contributed by atoms with van der Waals surface area (Å²) in [4.78, 5) is 13.2. The summed E-state index contributed by atoms with van der Waals surface area (Å²) in [7, 11) is 0. The topological polar surface area (TPSA) is 20.3 Å². The van der Waals surface area contributed by atoms with Crippen LogP contribution in [0.1, 0.15) is 22.7 Å². The van der Waals surface area contributed by atoms with E-state index in [1.54, 1.807) is 0 Å². The lowest BCUT2D eigenvalue weighted by Gasteiger charge is -2.35. The number of carbonyl (C=O) groups is 1. The van der Waals surface area contributed by atoms with E-state index in [4.69, 9.17) is 0 Å². The van der Waals surface area contributed by atoms with Gasteiger partial charge < -0.3 is 4.90 Å². The summed E-state index contributed by atoms with van der Waals surface area (Å²) in [5.74, 6) is 0. The number of hydrogen-bond acceptors (Lipinski definition) is 1. The number of benzene rings is 2. The van der Waals surface area contributed by atoms with Gasteiger partial charge in [-0.2, -0.15) is 0 Å². The first-order valence-corrected chi connectivity index (χ1v) is 6.71. The summed E-state index contributed by atoms with van der Waals surface area (Å²) in [6.45, 7) is 0.817. The number of amides is 1. The lowest BCUT2D eigenvalue weighted by atomic mass is 9.89. The molecule has 0 bridgehead atoms. The van der Waals surface area contributed by atoms with E-state index in [0.717, 1.165) is 25.8 Å². The summed E-state index contributed by atoms with van der Waals surface area (Å²) in [6.07, 6.45) is 2.83. The highest BCUT2D eigenvalue weighted by Gasteiger charge is 2.25. The molecule has 3 rings (SSSR count). The number of rotatable bonds is 3. The highest BCUT2D eigenvalue weighted by molar-refractivity contribution is 5.51. The molecule has 0 spiro atoms. The number of carbonyl (C=O) groups excluding carboxylic acids is 1. The van der Waals surface area contributed by atoms with Crippen molar-refractivity contribution in [2.75, 3.05) is 6.54 Å². The molecule has 1 heterocycles. The van der Waals surface area contributed by atoms with Crippen molar-refractivity contribution in [3.63, 3.8) is 0 Å². The Bertz CT molecular complexity index is 564. The Balaban J connectivity index is 1.94. The van der Waals surface area contributed by atoms with Gasteiger partial charge in [-0.1, -0.05) is 54.6 Å². The maximum Gasteiger partial charge on any atom is 0.210 e. The normalized spacial score (nSPS) is 17.9. The van der Waals surface area contributed by atoms with Crippen LogP contribution in [-0.4, -0.2) is 17.9 Å². The van der Waals surface area contributed by atoms with Crippen LogP contribution in [0.25, 0.3) is 0 Å². The summed E-state index contributed by atoms with van der Waals surface area (Å²) in [5, 5.41) is 0. The quantitative estimate of drug-likeness (QED) is 0.768. The van der Waals surface area contributed by atoms with Crippen molar-refractivity contribution in [3.8, 4) is 0 Å². The third kappa shape index (κ3) is 2.39. The van der Waals surface area contributed by atoms with Crippen molar-refractivity contribution in [1.29, 1.82) is 0 Å². The van der Waals surface area contributed by atoms with Crippen LogP contribution >= 0.6 is 0 Å². The molecule has 0 fully saturated rings. The van der Waals surface area contributed by atoms with Gasteiger partial charge in [-0.05, 0) is 29.5 Å². The van der Waals surface area contributed by atoms with E-state index < -0.39 is 0 Å². The standard InChI is InChI=1S/C17H17NO/c19-13-18-11-10-15-8-4-5-9-16(15)17(18)12-14-6-2-1-3-7-14/h1-9,13,17H,10-12H2/t17-/m1/s1. The Labute approximate surface area is 113 Å². The third-order valence-electron chi connectivity index (χ3n) is 3.86. The largest absolute Gasteiger partial charge is 0.338 e. The molecule has 0 saturated carbocycles. The summed E-state index contributed by atoms with van der Waals surface area (Å²) in [5.41, 5.74) is 3.95. The molecule has 1 aliphatic rings. The van der Waals surface area contributed by atoms with Gasteiger partial charge in [-0.15, -0.1) is 0 Å². The fourth-order valence-corrected chi connectivity index (χ4v) is 2.86. The van der Waals surface area contributed by atoms with Crippen LogP contribution in [0.5, 0.6) is 0 Å². The molecular formula is C17H17NO. The van der Waals surface area contributed by atoms with Crippen LogP contribution < -0.4 is 0 Å². The lowest BCUT2D eigenvalue weighted by Crippen LogP contribution is -2.35. The Kier molecular flexibility index (Phi) is 3.32. The first-order chi connectivity index (χ1) is 9.38. The van der Waals surface area contributed by atoms with E-state index in [2.05, 4.69) is 48.5 Å². The second-order valence-corrected chi connectivity index (χ2v) is 5.00. The van der Waals surface area contributed by atoms with Gasteiger partial charge >= 0.3 is 0 Å². The minimum absolute atomic E-state index is 0.171. The Hall–Kier alpha value is -2.09. The average molecular weight is 251 g/mol. The van der Waals surface area contributed by atoms with E-state index in [0.29, 0.717) is 0 Å². The fraction of sp³-hybridized carbons (Fsp3) is 0.235. The molecule has 0 N–H and O–H groups in total. The summed E-state index contributed by atoms with van der Waals surface area (Å²) in [6, 6.07) is 19.0. The number of fused-ring (bicyclic) bond motifs is 1. The maximum atomic E-state index is 11.3. The van der Waals surface area contributed by atoms with Crippen molar-refractivity contribution in [1.82, 2.24) is 4.90 Å². The zero-order valence-corrected chi connectivity index (χ0v) is 10.8. The predicted molar refractivity (Wildman–Crippen MR) is 75.8 cm³/mol. The van der Waals surface area contributed by atoms with E-state index in [-0.39, 0.29) is 6.04 Å². The van der Waals surface area contributed by atoms with Crippen LogP contribution in [0, 0.1) is 0 Å². The van der Waals surface area contributed by atoms with Gasteiger partial charge in [0.1, 0.15) is 0 Å². The van der Waals surface area contributed by atoms with Crippen LogP contribution in [0.2, 0.25) is 0 Å². The minimum Gasteiger partial charge on any atom is -0.338 e. The van der Waals surface area contributed by atoms with E-state index in [9.17, 15) is 4.79 Å². The van der Waals surface area contributed by atoms with Crippen molar-refractivity contribution in [2.24, 2.45) is 0 Å². The van der Waals surface area contributed by atoms with Crippen molar-refractivity contribution < 1.29 is 4.79 Å². The molecule has 1 atom stereocenters. The van der Waals surface area contributed by atoms with E-state index in [1.807, 2.05) is 11.0 Å². The molecular weight excluding hydrogens is 234 g/mol. The molecule has 0 aliphatic carbocycles. The molecule has 2 aromatic carbocycles. The summed E-state index contributed by atoms with van der Waals surface area (Å²) >= 11 is 0. The van der Waals surface area contributed by atoms with Gasteiger partial charge in [-0.25, -0.2) is 0 Å².